The fraction of sp³-hybridized carbons (Fsp3) is 0.727. The quantitative estimate of drug-likeness (QED) is 0.648. The number of hydrogen-bond acceptors (Lipinski definition) is 3. The highest BCUT2D eigenvalue weighted by molar-refractivity contribution is 5.81. The Labute approximate surface area is 107 Å². The monoisotopic (exact) mass is 259 g/mol. The highest BCUT2D eigenvalue weighted by Crippen LogP contribution is 2.12. The summed E-state index contributed by atoms with van der Waals surface area (Å²) in [6.45, 7) is 5.02. The van der Waals surface area contributed by atoms with Crippen LogP contribution in [-0.2, 0) is 9.59 Å². The van der Waals surface area contributed by atoms with Crippen LogP contribution in [0.5, 0.6) is 0 Å². The van der Waals surface area contributed by atoms with Crippen molar-refractivity contribution < 1.29 is 19.5 Å². The lowest BCUT2D eigenvalue weighted by Gasteiger charge is -2.34. The number of nitrogens with one attached hydrogen (secondary N) is 2. The third-order valence-corrected chi connectivity index (χ3v) is 2.26. The first-order valence-corrected chi connectivity index (χ1v) is 5.66. The van der Waals surface area contributed by atoms with Crippen molar-refractivity contribution in [1.29, 1.82) is 0 Å². The Kier molecular flexibility index (Phi) is 6.15. The van der Waals surface area contributed by atoms with Gasteiger partial charge in [-0.15, -0.1) is 0 Å². The number of nitrogens with zero attached hydrogens (tertiary/aromatic N) is 1. The van der Waals surface area contributed by atoms with Crippen molar-refractivity contribution in [3.05, 3.63) is 0 Å². The van der Waals surface area contributed by atoms with Crippen LogP contribution in [0.15, 0.2) is 0 Å². The molecule has 0 rings (SSSR count). The molecule has 0 spiro atoms. The maximum absolute atomic E-state index is 11.8. The van der Waals surface area contributed by atoms with Gasteiger partial charge in [-0.3, -0.25) is 9.59 Å². The molecule has 0 fully saturated rings. The van der Waals surface area contributed by atoms with Gasteiger partial charge >= 0.3 is 12.0 Å². The van der Waals surface area contributed by atoms with E-state index in [1.54, 1.807) is 20.8 Å². The Morgan fingerprint density at radius 1 is 1.22 bits per heavy atom. The van der Waals surface area contributed by atoms with Crippen molar-refractivity contribution in [2.24, 2.45) is 0 Å². The van der Waals surface area contributed by atoms with Crippen LogP contribution in [0.4, 0.5) is 4.79 Å². The van der Waals surface area contributed by atoms with Crippen molar-refractivity contribution in [2.45, 2.75) is 32.7 Å². The van der Waals surface area contributed by atoms with E-state index in [4.69, 9.17) is 5.11 Å². The summed E-state index contributed by atoms with van der Waals surface area (Å²) in [4.78, 5) is 34.7. The fourth-order valence-corrected chi connectivity index (χ4v) is 1.25. The van der Waals surface area contributed by atoms with Gasteiger partial charge in [0, 0.05) is 25.6 Å². The number of amides is 3. The van der Waals surface area contributed by atoms with E-state index in [0.717, 1.165) is 0 Å². The molecule has 0 aromatic carbocycles. The molecule has 0 aliphatic heterocycles. The lowest BCUT2D eigenvalue weighted by molar-refractivity contribution is -0.138. The fourth-order valence-electron chi connectivity index (χ4n) is 1.25. The predicted molar refractivity (Wildman–Crippen MR) is 66.2 cm³/mol. The lowest BCUT2D eigenvalue weighted by atomic mass is 10.1. The minimum atomic E-state index is -1.08. The van der Waals surface area contributed by atoms with Gasteiger partial charge in [0.2, 0.25) is 5.91 Å². The second kappa shape index (κ2) is 6.83. The van der Waals surface area contributed by atoms with Crippen LogP contribution in [0.3, 0.4) is 0 Å². The molecule has 7 nitrogen and oxygen atoms in total. The zero-order valence-electron chi connectivity index (χ0n) is 11.2. The van der Waals surface area contributed by atoms with E-state index in [9.17, 15) is 14.4 Å². The van der Waals surface area contributed by atoms with Gasteiger partial charge in [0.05, 0.1) is 0 Å². The van der Waals surface area contributed by atoms with Gasteiger partial charge < -0.3 is 20.6 Å². The van der Waals surface area contributed by atoms with E-state index in [1.807, 2.05) is 0 Å². The average molecular weight is 259 g/mol. The molecular formula is C11H21N3O4. The third kappa shape index (κ3) is 6.07. The molecule has 0 bridgehead atoms. The average Bonchev–Trinajstić information content (AvgIpc) is 2.23. The number of rotatable bonds is 5. The molecule has 0 saturated carbocycles. The van der Waals surface area contributed by atoms with Crippen molar-refractivity contribution >= 4 is 17.9 Å². The molecule has 3 amide bonds. The van der Waals surface area contributed by atoms with Crippen LogP contribution < -0.4 is 10.6 Å². The molecule has 0 aromatic rings. The zero-order valence-corrected chi connectivity index (χ0v) is 11.2. The maximum Gasteiger partial charge on any atom is 0.323 e. The number of carboxylic acids is 1. The van der Waals surface area contributed by atoms with Gasteiger partial charge in [0.15, 0.2) is 0 Å². The first kappa shape index (κ1) is 16.2. The SMILES string of the molecule is CNC(=O)CCNC(=O)N(CC(=O)O)C(C)(C)C. The molecule has 0 aromatic heterocycles. The summed E-state index contributed by atoms with van der Waals surface area (Å²) in [5.74, 6) is -1.26. The van der Waals surface area contributed by atoms with E-state index >= 15 is 0 Å². The Hall–Kier alpha value is -1.79. The van der Waals surface area contributed by atoms with Crippen LogP contribution in [0.1, 0.15) is 27.2 Å². The van der Waals surface area contributed by atoms with Crippen molar-refractivity contribution in [3.63, 3.8) is 0 Å². The summed E-state index contributed by atoms with van der Waals surface area (Å²) in [6.07, 6.45) is 0.160. The highest BCUT2D eigenvalue weighted by atomic mass is 16.4. The van der Waals surface area contributed by atoms with Gasteiger partial charge in [-0.1, -0.05) is 0 Å². The maximum atomic E-state index is 11.8. The third-order valence-electron chi connectivity index (χ3n) is 2.26. The van der Waals surface area contributed by atoms with E-state index < -0.39 is 17.5 Å². The second-order valence-corrected chi connectivity index (χ2v) is 4.81. The van der Waals surface area contributed by atoms with E-state index in [1.165, 1.54) is 11.9 Å². The smallest absolute Gasteiger partial charge is 0.323 e. The number of carboxylic acid groups (broad SMARTS) is 1. The van der Waals surface area contributed by atoms with Gasteiger partial charge in [-0.25, -0.2) is 4.79 Å². The normalized spacial score (nSPS) is 10.7. The second-order valence-electron chi connectivity index (χ2n) is 4.81. The minimum Gasteiger partial charge on any atom is -0.480 e. The molecular weight excluding hydrogens is 238 g/mol. The molecule has 0 saturated heterocycles. The number of hydrogen-bond donors (Lipinski definition) is 3. The first-order valence-electron chi connectivity index (χ1n) is 5.66. The minimum absolute atomic E-state index is 0.160. The summed E-state index contributed by atoms with van der Waals surface area (Å²) in [5, 5.41) is 13.7. The van der Waals surface area contributed by atoms with E-state index in [0.29, 0.717) is 0 Å². The molecule has 0 aliphatic carbocycles. The van der Waals surface area contributed by atoms with Crippen LogP contribution >= 0.6 is 0 Å². The number of aliphatic carboxylic acids is 1. The van der Waals surface area contributed by atoms with Crippen LogP contribution in [0.25, 0.3) is 0 Å². The number of carbonyl (C=O) groups is 3. The van der Waals surface area contributed by atoms with E-state index in [2.05, 4.69) is 10.6 Å². The number of carbonyl (C=O) groups excluding carboxylic acids is 2. The zero-order chi connectivity index (χ0) is 14.3. The number of urea groups is 1. The van der Waals surface area contributed by atoms with Crippen LogP contribution in [-0.4, -0.2) is 53.6 Å². The summed E-state index contributed by atoms with van der Waals surface area (Å²) in [6, 6.07) is -0.492. The first-order chi connectivity index (χ1) is 8.18. The summed E-state index contributed by atoms with van der Waals surface area (Å²) < 4.78 is 0. The Morgan fingerprint density at radius 3 is 2.17 bits per heavy atom. The molecule has 104 valence electrons. The molecule has 3 N–H and O–H groups in total. The lowest BCUT2D eigenvalue weighted by Crippen LogP contribution is -2.52. The Morgan fingerprint density at radius 2 is 1.78 bits per heavy atom. The van der Waals surface area contributed by atoms with Crippen molar-refractivity contribution in [2.75, 3.05) is 20.1 Å². The molecule has 7 heteroatoms. The molecule has 18 heavy (non-hydrogen) atoms. The summed E-state index contributed by atoms with van der Waals surface area (Å²) in [7, 11) is 1.51. The Balaban J connectivity index is 4.40. The van der Waals surface area contributed by atoms with Crippen molar-refractivity contribution in [3.8, 4) is 0 Å². The summed E-state index contributed by atoms with van der Waals surface area (Å²) >= 11 is 0. The molecule has 0 aliphatic rings. The van der Waals surface area contributed by atoms with Crippen molar-refractivity contribution in [1.82, 2.24) is 15.5 Å². The predicted octanol–water partition coefficient (Wildman–Crippen LogP) is 0.0172. The molecule has 0 heterocycles. The molecule has 0 radical (unpaired) electrons. The topological polar surface area (TPSA) is 98.7 Å². The van der Waals surface area contributed by atoms with E-state index in [-0.39, 0.29) is 25.4 Å². The van der Waals surface area contributed by atoms with Gasteiger partial charge in [0.25, 0.3) is 0 Å². The molecule has 0 unspecified atom stereocenters. The standard InChI is InChI=1S/C11H21N3O4/c1-11(2,3)14(7-9(16)17)10(18)13-6-5-8(15)12-4/h5-7H2,1-4H3,(H,12,15)(H,13,18)(H,16,17). The van der Waals surface area contributed by atoms with Crippen LogP contribution in [0.2, 0.25) is 0 Å². The van der Waals surface area contributed by atoms with Gasteiger partial charge in [-0.2, -0.15) is 0 Å². The summed E-state index contributed by atoms with van der Waals surface area (Å²) in [5.41, 5.74) is -0.602. The van der Waals surface area contributed by atoms with Crippen LogP contribution in [0, 0.1) is 0 Å². The largest absolute Gasteiger partial charge is 0.480 e. The molecule has 0 atom stereocenters. The van der Waals surface area contributed by atoms with Gasteiger partial charge in [0.1, 0.15) is 6.54 Å². The Bertz CT molecular complexity index is 323. The van der Waals surface area contributed by atoms with Gasteiger partial charge in [-0.05, 0) is 20.8 Å². The highest BCUT2D eigenvalue weighted by Gasteiger charge is 2.28.